The summed E-state index contributed by atoms with van der Waals surface area (Å²) >= 11 is 5.83. The Labute approximate surface area is 146 Å². The molecule has 2 aromatic carbocycles. The molecule has 0 aliphatic heterocycles. The van der Waals surface area contributed by atoms with Crippen molar-refractivity contribution in [2.45, 2.75) is 25.2 Å². The van der Waals surface area contributed by atoms with Gasteiger partial charge >= 0.3 is 5.97 Å². The molecule has 0 aliphatic rings. The maximum absolute atomic E-state index is 13.1. The average molecular weight is 368 g/mol. The molecular weight excluding hydrogens is 350 g/mol. The monoisotopic (exact) mass is 367 g/mol. The van der Waals surface area contributed by atoms with Crippen LogP contribution in [0, 0.1) is 13.8 Å². The van der Waals surface area contributed by atoms with Gasteiger partial charge in [-0.25, -0.2) is 8.42 Å². The van der Waals surface area contributed by atoms with E-state index in [2.05, 4.69) is 0 Å². The van der Waals surface area contributed by atoms with Gasteiger partial charge in [0, 0.05) is 11.6 Å². The largest absolute Gasteiger partial charge is 0.481 e. The van der Waals surface area contributed by atoms with Crippen LogP contribution < -0.4 is 4.31 Å². The lowest BCUT2D eigenvalue weighted by molar-refractivity contribution is -0.136. The number of carboxylic acids is 1. The van der Waals surface area contributed by atoms with Gasteiger partial charge in [-0.05, 0) is 49.2 Å². The van der Waals surface area contributed by atoms with Gasteiger partial charge in [0.1, 0.15) is 0 Å². The summed E-state index contributed by atoms with van der Waals surface area (Å²) in [5, 5.41) is 9.41. The van der Waals surface area contributed by atoms with Crippen molar-refractivity contribution in [2.24, 2.45) is 0 Å². The summed E-state index contributed by atoms with van der Waals surface area (Å²) < 4.78 is 27.3. The number of rotatable bonds is 6. The highest BCUT2D eigenvalue weighted by molar-refractivity contribution is 7.92. The molecule has 2 aromatic rings. The third-order valence-corrected chi connectivity index (χ3v) is 5.68. The third-order valence-electron chi connectivity index (χ3n) is 3.62. The van der Waals surface area contributed by atoms with E-state index in [0.29, 0.717) is 10.7 Å². The zero-order valence-electron chi connectivity index (χ0n) is 13.4. The number of benzene rings is 2. The number of halogens is 1. The second-order valence-electron chi connectivity index (χ2n) is 5.42. The molecule has 128 valence electrons. The average Bonchev–Trinajstić information content (AvgIpc) is 2.50. The number of sulfonamides is 1. The topological polar surface area (TPSA) is 74.7 Å². The maximum Gasteiger partial charge on any atom is 0.305 e. The number of anilines is 1. The molecular formula is C17H18ClNO4S. The standard InChI is InChI=1S/C17H18ClNO4S/c1-12-4-3-5-13(2)17(12)19(11-10-16(20)21)24(22,23)15-8-6-14(18)7-9-15/h3-9H,10-11H2,1-2H3,(H,20,21). The van der Waals surface area contributed by atoms with Gasteiger partial charge in [-0.3, -0.25) is 9.10 Å². The molecule has 0 fully saturated rings. The number of hydrogen-bond acceptors (Lipinski definition) is 3. The number of aryl methyl sites for hydroxylation is 2. The molecule has 0 aliphatic carbocycles. The van der Waals surface area contributed by atoms with Crippen LogP contribution in [0.1, 0.15) is 17.5 Å². The Bertz CT molecular complexity index is 827. The molecule has 1 N–H and O–H groups in total. The van der Waals surface area contributed by atoms with E-state index < -0.39 is 16.0 Å². The fourth-order valence-corrected chi connectivity index (χ4v) is 4.20. The number of nitrogens with zero attached hydrogens (tertiary/aromatic N) is 1. The van der Waals surface area contributed by atoms with Gasteiger partial charge in [0.2, 0.25) is 0 Å². The molecule has 0 radical (unpaired) electrons. The molecule has 0 aromatic heterocycles. The molecule has 0 saturated heterocycles. The van der Waals surface area contributed by atoms with Gasteiger partial charge in [0.15, 0.2) is 0 Å². The predicted molar refractivity (Wildman–Crippen MR) is 94.2 cm³/mol. The first-order valence-corrected chi connectivity index (χ1v) is 9.11. The highest BCUT2D eigenvalue weighted by atomic mass is 35.5. The Morgan fingerprint density at radius 1 is 1.08 bits per heavy atom. The van der Waals surface area contributed by atoms with Crippen LogP contribution in [0.5, 0.6) is 0 Å². The third kappa shape index (κ3) is 3.88. The Balaban J connectivity index is 2.57. The Morgan fingerprint density at radius 3 is 2.12 bits per heavy atom. The summed E-state index contributed by atoms with van der Waals surface area (Å²) in [7, 11) is -3.90. The molecule has 0 unspecified atom stereocenters. The molecule has 0 bridgehead atoms. The smallest absolute Gasteiger partial charge is 0.305 e. The van der Waals surface area contributed by atoms with Gasteiger partial charge in [0.05, 0.1) is 17.0 Å². The Morgan fingerprint density at radius 2 is 1.62 bits per heavy atom. The van der Waals surface area contributed by atoms with Crippen molar-refractivity contribution in [1.82, 2.24) is 0 Å². The predicted octanol–water partition coefficient (Wildman–Crippen LogP) is 3.63. The molecule has 24 heavy (non-hydrogen) atoms. The van der Waals surface area contributed by atoms with Crippen LogP contribution in [0.2, 0.25) is 5.02 Å². The van der Waals surface area contributed by atoms with Crippen molar-refractivity contribution < 1.29 is 18.3 Å². The minimum Gasteiger partial charge on any atom is -0.481 e. The Kier molecular flexibility index (Phi) is 5.51. The van der Waals surface area contributed by atoms with Crippen molar-refractivity contribution in [3.63, 3.8) is 0 Å². The van der Waals surface area contributed by atoms with Gasteiger partial charge < -0.3 is 5.11 Å². The lowest BCUT2D eigenvalue weighted by atomic mass is 10.1. The van der Waals surface area contributed by atoms with Gasteiger partial charge in [-0.15, -0.1) is 0 Å². The van der Waals surface area contributed by atoms with E-state index in [0.717, 1.165) is 15.4 Å². The minimum atomic E-state index is -3.90. The van der Waals surface area contributed by atoms with Gasteiger partial charge in [-0.1, -0.05) is 29.8 Å². The van der Waals surface area contributed by atoms with Crippen LogP contribution in [-0.2, 0) is 14.8 Å². The van der Waals surface area contributed by atoms with Crippen LogP contribution in [0.4, 0.5) is 5.69 Å². The maximum atomic E-state index is 13.1. The van der Waals surface area contributed by atoms with Crippen LogP contribution >= 0.6 is 11.6 Å². The molecule has 7 heteroatoms. The van der Waals surface area contributed by atoms with Gasteiger partial charge in [0.25, 0.3) is 10.0 Å². The molecule has 5 nitrogen and oxygen atoms in total. The fourth-order valence-electron chi connectivity index (χ4n) is 2.48. The number of carboxylic acid groups (broad SMARTS) is 1. The number of para-hydroxylation sites is 1. The summed E-state index contributed by atoms with van der Waals surface area (Å²) in [6.45, 7) is 3.45. The lowest BCUT2D eigenvalue weighted by Gasteiger charge is -2.27. The van der Waals surface area contributed by atoms with E-state index in [4.69, 9.17) is 16.7 Å². The zero-order chi connectivity index (χ0) is 17.9. The minimum absolute atomic E-state index is 0.0694. The normalized spacial score (nSPS) is 11.3. The number of hydrogen-bond donors (Lipinski definition) is 1. The number of aliphatic carboxylic acids is 1. The molecule has 0 spiro atoms. The molecule has 0 amide bonds. The molecule has 0 heterocycles. The quantitative estimate of drug-likeness (QED) is 0.846. The van der Waals surface area contributed by atoms with Crippen molar-refractivity contribution in [3.05, 3.63) is 58.6 Å². The first-order valence-electron chi connectivity index (χ1n) is 7.30. The first kappa shape index (κ1) is 18.3. The van der Waals surface area contributed by atoms with Crippen LogP contribution in [0.3, 0.4) is 0 Å². The second kappa shape index (κ2) is 7.23. The van der Waals surface area contributed by atoms with Crippen molar-refractivity contribution in [3.8, 4) is 0 Å². The van der Waals surface area contributed by atoms with Crippen molar-refractivity contribution in [2.75, 3.05) is 10.8 Å². The number of carbonyl (C=O) groups is 1. The van der Waals surface area contributed by atoms with Crippen LogP contribution in [0.25, 0.3) is 0 Å². The lowest BCUT2D eigenvalue weighted by Crippen LogP contribution is -2.34. The van der Waals surface area contributed by atoms with E-state index in [1.54, 1.807) is 26.0 Å². The van der Waals surface area contributed by atoms with E-state index in [-0.39, 0.29) is 17.9 Å². The Hall–Kier alpha value is -2.05. The van der Waals surface area contributed by atoms with E-state index >= 15 is 0 Å². The summed E-state index contributed by atoms with van der Waals surface area (Å²) in [5.74, 6) is -1.06. The second-order valence-corrected chi connectivity index (χ2v) is 7.71. The van der Waals surface area contributed by atoms with E-state index in [1.807, 2.05) is 6.07 Å². The molecule has 0 saturated carbocycles. The zero-order valence-corrected chi connectivity index (χ0v) is 14.9. The molecule has 2 rings (SSSR count). The van der Waals surface area contributed by atoms with Crippen molar-refractivity contribution in [1.29, 1.82) is 0 Å². The summed E-state index contributed by atoms with van der Waals surface area (Å²) in [6.07, 6.45) is -0.291. The van der Waals surface area contributed by atoms with Crippen molar-refractivity contribution >= 4 is 33.3 Å². The summed E-state index contributed by atoms with van der Waals surface area (Å²) in [5.41, 5.74) is 2.03. The van der Waals surface area contributed by atoms with E-state index in [9.17, 15) is 13.2 Å². The summed E-state index contributed by atoms with van der Waals surface area (Å²) in [6, 6.07) is 11.3. The SMILES string of the molecule is Cc1cccc(C)c1N(CCC(=O)O)S(=O)(=O)c1ccc(Cl)cc1. The highest BCUT2D eigenvalue weighted by Crippen LogP contribution is 2.30. The van der Waals surface area contributed by atoms with E-state index in [1.165, 1.54) is 24.3 Å². The molecule has 0 atom stereocenters. The van der Waals surface area contributed by atoms with Crippen LogP contribution in [-0.4, -0.2) is 26.0 Å². The highest BCUT2D eigenvalue weighted by Gasteiger charge is 2.27. The van der Waals surface area contributed by atoms with Gasteiger partial charge in [-0.2, -0.15) is 0 Å². The summed E-state index contributed by atoms with van der Waals surface area (Å²) in [4.78, 5) is 11.0. The fraction of sp³-hybridized carbons (Fsp3) is 0.235. The first-order chi connectivity index (χ1) is 11.2. The van der Waals surface area contributed by atoms with Crippen LogP contribution in [0.15, 0.2) is 47.4 Å².